The number of aryl methyl sites for hydroxylation is 1. The zero-order valence-corrected chi connectivity index (χ0v) is 12.2. The van der Waals surface area contributed by atoms with Crippen LogP contribution in [-0.4, -0.2) is 17.6 Å². The lowest BCUT2D eigenvalue weighted by Gasteiger charge is -1.98. The number of hydrogen-bond acceptors (Lipinski definition) is 5. The summed E-state index contributed by atoms with van der Waals surface area (Å²) >= 11 is 4.76. The maximum Gasteiger partial charge on any atom is 0.306 e. The Labute approximate surface area is 117 Å². The third-order valence-electron chi connectivity index (χ3n) is 2.23. The first-order valence-electron chi connectivity index (χ1n) is 5.54. The van der Waals surface area contributed by atoms with Crippen LogP contribution in [0.4, 0.5) is 0 Å². The van der Waals surface area contributed by atoms with E-state index in [2.05, 4.69) is 20.9 Å². The molecule has 0 fully saturated rings. The molecular formula is C12H12BrNO3S. The zero-order valence-electron chi connectivity index (χ0n) is 9.81. The highest BCUT2D eigenvalue weighted by Crippen LogP contribution is 2.28. The SMILES string of the molecule is CCOC(=O)CCc1csc(-c2ccc(Br)o2)n1. The van der Waals surface area contributed by atoms with Crippen LogP contribution in [0.25, 0.3) is 10.8 Å². The van der Waals surface area contributed by atoms with E-state index in [1.54, 1.807) is 6.92 Å². The molecule has 0 amide bonds. The van der Waals surface area contributed by atoms with Gasteiger partial charge in [0.2, 0.25) is 0 Å². The molecule has 96 valence electrons. The van der Waals surface area contributed by atoms with Crippen LogP contribution < -0.4 is 0 Å². The summed E-state index contributed by atoms with van der Waals surface area (Å²) in [5.74, 6) is 0.544. The molecule has 2 rings (SSSR count). The number of thiazole rings is 1. The van der Waals surface area contributed by atoms with E-state index in [0.717, 1.165) is 16.5 Å². The van der Waals surface area contributed by atoms with Crippen LogP contribution in [0.1, 0.15) is 19.0 Å². The zero-order chi connectivity index (χ0) is 13.0. The largest absolute Gasteiger partial charge is 0.466 e. The Hall–Kier alpha value is -1.14. The van der Waals surface area contributed by atoms with Crippen LogP contribution in [-0.2, 0) is 16.0 Å². The summed E-state index contributed by atoms with van der Waals surface area (Å²) in [6.45, 7) is 2.22. The molecule has 0 aliphatic heterocycles. The number of hydrogen-bond donors (Lipinski definition) is 0. The molecule has 18 heavy (non-hydrogen) atoms. The Morgan fingerprint density at radius 3 is 3.06 bits per heavy atom. The molecule has 0 saturated carbocycles. The van der Waals surface area contributed by atoms with E-state index in [0.29, 0.717) is 24.1 Å². The van der Waals surface area contributed by atoms with E-state index in [1.165, 1.54) is 11.3 Å². The standard InChI is InChI=1S/C12H12BrNO3S/c1-2-16-11(15)6-3-8-7-18-12(14-8)9-4-5-10(13)17-9/h4-5,7H,2-3,6H2,1H3. The molecular weight excluding hydrogens is 318 g/mol. The van der Waals surface area contributed by atoms with Gasteiger partial charge in [-0.05, 0) is 35.0 Å². The average Bonchev–Trinajstić information content (AvgIpc) is 2.95. The number of halogens is 1. The Balaban J connectivity index is 1.96. The molecule has 0 bridgehead atoms. The number of rotatable bonds is 5. The lowest BCUT2D eigenvalue weighted by Crippen LogP contribution is -2.05. The molecule has 2 aromatic rings. The van der Waals surface area contributed by atoms with E-state index in [1.807, 2.05) is 17.5 Å². The second kappa shape index (κ2) is 6.15. The summed E-state index contributed by atoms with van der Waals surface area (Å²) in [5, 5.41) is 2.75. The number of ether oxygens (including phenoxy) is 1. The molecule has 6 heteroatoms. The first-order chi connectivity index (χ1) is 8.69. The molecule has 0 aromatic carbocycles. The van der Waals surface area contributed by atoms with E-state index < -0.39 is 0 Å². The fraction of sp³-hybridized carbons (Fsp3) is 0.333. The minimum atomic E-state index is -0.187. The molecule has 0 aliphatic carbocycles. The predicted molar refractivity (Wildman–Crippen MR) is 72.5 cm³/mol. The topological polar surface area (TPSA) is 52.3 Å². The van der Waals surface area contributed by atoms with Crippen molar-refractivity contribution in [3.8, 4) is 10.8 Å². The molecule has 0 spiro atoms. The van der Waals surface area contributed by atoms with Crippen molar-refractivity contribution in [3.05, 3.63) is 27.9 Å². The highest BCUT2D eigenvalue weighted by molar-refractivity contribution is 9.10. The molecule has 2 aromatic heterocycles. The smallest absolute Gasteiger partial charge is 0.306 e. The van der Waals surface area contributed by atoms with Crippen LogP contribution in [0, 0.1) is 0 Å². The third kappa shape index (κ3) is 3.43. The Morgan fingerprint density at radius 2 is 2.39 bits per heavy atom. The number of aromatic nitrogens is 1. The third-order valence-corrected chi connectivity index (χ3v) is 3.56. The van der Waals surface area contributed by atoms with Crippen molar-refractivity contribution >= 4 is 33.2 Å². The van der Waals surface area contributed by atoms with Gasteiger partial charge in [0.25, 0.3) is 0 Å². The molecule has 2 heterocycles. The minimum Gasteiger partial charge on any atom is -0.466 e. The number of carbonyl (C=O) groups is 1. The van der Waals surface area contributed by atoms with Crippen molar-refractivity contribution in [2.75, 3.05) is 6.61 Å². The number of nitrogens with zero attached hydrogens (tertiary/aromatic N) is 1. The Bertz CT molecular complexity index is 535. The van der Waals surface area contributed by atoms with Crippen molar-refractivity contribution in [1.29, 1.82) is 0 Å². The highest BCUT2D eigenvalue weighted by atomic mass is 79.9. The summed E-state index contributed by atoms with van der Waals surface area (Å²) < 4.78 is 11.0. The summed E-state index contributed by atoms with van der Waals surface area (Å²) in [5.41, 5.74) is 0.885. The van der Waals surface area contributed by atoms with Gasteiger partial charge in [0.1, 0.15) is 0 Å². The fourth-order valence-corrected chi connectivity index (χ4v) is 2.55. The van der Waals surface area contributed by atoms with Gasteiger partial charge in [0, 0.05) is 11.8 Å². The number of carbonyl (C=O) groups excluding carboxylic acids is 1. The van der Waals surface area contributed by atoms with Crippen LogP contribution in [0.3, 0.4) is 0 Å². The monoisotopic (exact) mass is 329 g/mol. The summed E-state index contributed by atoms with van der Waals surface area (Å²) in [6, 6.07) is 3.69. The summed E-state index contributed by atoms with van der Waals surface area (Å²) in [4.78, 5) is 15.6. The molecule has 4 nitrogen and oxygen atoms in total. The maximum atomic E-state index is 11.2. The fourth-order valence-electron chi connectivity index (χ4n) is 1.43. The van der Waals surface area contributed by atoms with Gasteiger partial charge in [-0.3, -0.25) is 4.79 Å². The van der Waals surface area contributed by atoms with Gasteiger partial charge < -0.3 is 9.15 Å². The Kier molecular flexibility index (Phi) is 4.54. The number of esters is 1. The van der Waals surface area contributed by atoms with Crippen LogP contribution in [0.2, 0.25) is 0 Å². The second-order valence-electron chi connectivity index (χ2n) is 3.55. The van der Waals surface area contributed by atoms with Crippen LogP contribution in [0.5, 0.6) is 0 Å². The minimum absolute atomic E-state index is 0.187. The lowest BCUT2D eigenvalue weighted by atomic mass is 10.2. The van der Waals surface area contributed by atoms with Gasteiger partial charge in [-0.1, -0.05) is 0 Å². The van der Waals surface area contributed by atoms with Crippen LogP contribution in [0.15, 0.2) is 26.6 Å². The van der Waals surface area contributed by atoms with Crippen molar-refractivity contribution in [1.82, 2.24) is 4.98 Å². The molecule has 0 radical (unpaired) electrons. The van der Waals surface area contributed by atoms with Crippen molar-refractivity contribution in [2.45, 2.75) is 19.8 Å². The molecule has 0 atom stereocenters. The van der Waals surface area contributed by atoms with E-state index >= 15 is 0 Å². The summed E-state index contributed by atoms with van der Waals surface area (Å²) in [7, 11) is 0. The first-order valence-corrected chi connectivity index (χ1v) is 7.22. The first kappa shape index (κ1) is 13.3. The summed E-state index contributed by atoms with van der Waals surface area (Å²) in [6.07, 6.45) is 0.954. The predicted octanol–water partition coefficient (Wildman–Crippen LogP) is 3.66. The quantitative estimate of drug-likeness (QED) is 0.785. The average molecular weight is 330 g/mol. The van der Waals surface area contributed by atoms with Gasteiger partial charge >= 0.3 is 5.97 Å². The van der Waals surface area contributed by atoms with Gasteiger partial charge in [-0.15, -0.1) is 11.3 Å². The van der Waals surface area contributed by atoms with Crippen LogP contribution >= 0.6 is 27.3 Å². The highest BCUT2D eigenvalue weighted by Gasteiger charge is 2.10. The van der Waals surface area contributed by atoms with Gasteiger partial charge in [-0.2, -0.15) is 0 Å². The molecule has 0 saturated heterocycles. The van der Waals surface area contributed by atoms with Gasteiger partial charge in [0.15, 0.2) is 15.4 Å². The van der Waals surface area contributed by atoms with Crippen molar-refractivity contribution in [2.24, 2.45) is 0 Å². The molecule has 0 aliphatic rings. The normalized spacial score (nSPS) is 10.6. The second-order valence-corrected chi connectivity index (χ2v) is 5.19. The van der Waals surface area contributed by atoms with E-state index in [4.69, 9.17) is 9.15 Å². The van der Waals surface area contributed by atoms with E-state index in [-0.39, 0.29) is 5.97 Å². The maximum absolute atomic E-state index is 11.2. The Morgan fingerprint density at radius 1 is 1.56 bits per heavy atom. The molecule has 0 N–H and O–H groups in total. The van der Waals surface area contributed by atoms with Crippen molar-refractivity contribution in [3.63, 3.8) is 0 Å². The number of furan rings is 1. The van der Waals surface area contributed by atoms with Gasteiger partial charge in [-0.25, -0.2) is 4.98 Å². The van der Waals surface area contributed by atoms with Gasteiger partial charge in [0.05, 0.1) is 18.7 Å². The molecule has 0 unspecified atom stereocenters. The lowest BCUT2D eigenvalue weighted by molar-refractivity contribution is -0.143. The van der Waals surface area contributed by atoms with E-state index in [9.17, 15) is 4.79 Å². The van der Waals surface area contributed by atoms with Crippen molar-refractivity contribution < 1.29 is 13.9 Å².